The van der Waals surface area contributed by atoms with E-state index >= 15 is 0 Å². The topological polar surface area (TPSA) is 52.6 Å². The molecule has 32 heavy (non-hydrogen) atoms. The standard InChI is InChI=1S/C28H36O4/c1-18(29)31-25-12-11-23-22-10-9-20-17-21(32-26(30)19-7-5-4-6-8-19)13-15-27(20,2)24(22)14-16-28(23,25)3/h4-9,21-25H,10-17H2,1-3H3. The fourth-order valence-electron chi connectivity index (χ4n) is 7.87. The number of rotatable bonds is 3. The van der Waals surface area contributed by atoms with E-state index in [1.807, 2.05) is 30.3 Å². The van der Waals surface area contributed by atoms with Crippen molar-refractivity contribution in [1.29, 1.82) is 0 Å². The number of allylic oxidation sites excluding steroid dienone is 1. The van der Waals surface area contributed by atoms with E-state index in [4.69, 9.17) is 9.47 Å². The van der Waals surface area contributed by atoms with Gasteiger partial charge in [-0.15, -0.1) is 0 Å². The van der Waals surface area contributed by atoms with E-state index in [2.05, 4.69) is 19.9 Å². The summed E-state index contributed by atoms with van der Waals surface area (Å²) in [6, 6.07) is 9.32. The lowest BCUT2D eigenvalue weighted by atomic mass is 9.48. The summed E-state index contributed by atoms with van der Waals surface area (Å²) < 4.78 is 11.7. The van der Waals surface area contributed by atoms with Gasteiger partial charge in [-0.1, -0.05) is 43.7 Å². The van der Waals surface area contributed by atoms with Crippen LogP contribution in [0.25, 0.3) is 0 Å². The molecule has 172 valence electrons. The zero-order valence-electron chi connectivity index (χ0n) is 19.6. The molecule has 0 heterocycles. The molecule has 0 bridgehead atoms. The zero-order valence-corrected chi connectivity index (χ0v) is 19.6. The molecule has 0 spiro atoms. The monoisotopic (exact) mass is 436 g/mol. The number of hydrogen-bond acceptors (Lipinski definition) is 4. The second-order valence-corrected chi connectivity index (χ2v) is 11.1. The molecular weight excluding hydrogens is 400 g/mol. The van der Waals surface area contributed by atoms with E-state index in [9.17, 15) is 9.59 Å². The molecule has 0 aromatic heterocycles. The second kappa shape index (κ2) is 8.04. The van der Waals surface area contributed by atoms with Crippen molar-refractivity contribution in [1.82, 2.24) is 0 Å². The van der Waals surface area contributed by atoms with Gasteiger partial charge < -0.3 is 9.47 Å². The second-order valence-electron chi connectivity index (χ2n) is 11.1. The molecule has 0 amide bonds. The average Bonchev–Trinajstić information content (AvgIpc) is 3.10. The molecule has 0 N–H and O–H groups in total. The van der Waals surface area contributed by atoms with Crippen LogP contribution in [0.5, 0.6) is 0 Å². The number of benzene rings is 1. The van der Waals surface area contributed by atoms with Gasteiger partial charge in [0.1, 0.15) is 12.2 Å². The van der Waals surface area contributed by atoms with Crippen molar-refractivity contribution < 1.29 is 19.1 Å². The first-order valence-corrected chi connectivity index (χ1v) is 12.4. The van der Waals surface area contributed by atoms with Crippen LogP contribution in [0.15, 0.2) is 42.0 Å². The minimum atomic E-state index is -0.204. The smallest absolute Gasteiger partial charge is 0.338 e. The number of carbonyl (C=O) groups is 2. The third kappa shape index (κ3) is 3.50. The van der Waals surface area contributed by atoms with Gasteiger partial charge in [0.2, 0.25) is 0 Å². The van der Waals surface area contributed by atoms with Crippen LogP contribution in [-0.4, -0.2) is 24.1 Å². The molecule has 0 saturated heterocycles. The van der Waals surface area contributed by atoms with Gasteiger partial charge >= 0.3 is 11.9 Å². The van der Waals surface area contributed by atoms with E-state index in [1.54, 1.807) is 6.92 Å². The van der Waals surface area contributed by atoms with Crippen LogP contribution >= 0.6 is 0 Å². The normalized spacial score (nSPS) is 40.3. The molecule has 0 aliphatic heterocycles. The first kappa shape index (κ1) is 21.7. The molecule has 5 rings (SSSR count). The van der Waals surface area contributed by atoms with Gasteiger partial charge in [0.25, 0.3) is 0 Å². The van der Waals surface area contributed by atoms with Crippen molar-refractivity contribution in [3.63, 3.8) is 0 Å². The summed E-state index contributed by atoms with van der Waals surface area (Å²) in [4.78, 5) is 24.2. The Hall–Kier alpha value is -2.10. The maximum absolute atomic E-state index is 12.6. The van der Waals surface area contributed by atoms with Crippen LogP contribution in [0.1, 0.15) is 82.5 Å². The number of esters is 2. The fourth-order valence-corrected chi connectivity index (χ4v) is 7.87. The molecule has 3 fully saturated rings. The lowest BCUT2D eigenvalue weighted by Gasteiger charge is -2.57. The molecule has 3 saturated carbocycles. The predicted molar refractivity (Wildman–Crippen MR) is 123 cm³/mol. The van der Waals surface area contributed by atoms with Crippen LogP contribution in [0, 0.1) is 28.6 Å². The number of ether oxygens (including phenoxy) is 2. The summed E-state index contributed by atoms with van der Waals surface area (Å²) in [6.45, 7) is 6.38. The third-order valence-corrected chi connectivity index (χ3v) is 9.56. The Balaban J connectivity index is 1.31. The van der Waals surface area contributed by atoms with E-state index in [0.29, 0.717) is 23.3 Å². The third-order valence-electron chi connectivity index (χ3n) is 9.56. The van der Waals surface area contributed by atoms with E-state index < -0.39 is 0 Å². The van der Waals surface area contributed by atoms with Crippen LogP contribution in [0.4, 0.5) is 0 Å². The van der Waals surface area contributed by atoms with Crippen molar-refractivity contribution in [3.8, 4) is 0 Å². The number of fused-ring (bicyclic) bond motifs is 5. The van der Waals surface area contributed by atoms with Crippen molar-refractivity contribution in [2.24, 2.45) is 28.6 Å². The molecule has 4 aliphatic rings. The lowest BCUT2D eigenvalue weighted by molar-refractivity contribution is -0.156. The first-order valence-electron chi connectivity index (χ1n) is 12.4. The number of hydrogen-bond donors (Lipinski definition) is 0. The summed E-state index contributed by atoms with van der Waals surface area (Å²) in [5.74, 6) is 1.65. The van der Waals surface area contributed by atoms with Crippen molar-refractivity contribution in [2.75, 3.05) is 0 Å². The zero-order chi connectivity index (χ0) is 22.5. The minimum absolute atomic E-state index is 0.0211. The summed E-state index contributed by atoms with van der Waals surface area (Å²) in [6.07, 6.45) is 11.1. The van der Waals surface area contributed by atoms with Gasteiger partial charge in [0.15, 0.2) is 0 Å². The van der Waals surface area contributed by atoms with Gasteiger partial charge in [-0.25, -0.2) is 4.79 Å². The van der Waals surface area contributed by atoms with Crippen LogP contribution in [0.3, 0.4) is 0 Å². The Morgan fingerprint density at radius 1 is 0.938 bits per heavy atom. The highest BCUT2D eigenvalue weighted by Gasteiger charge is 2.59. The Labute approximate surface area is 191 Å². The van der Waals surface area contributed by atoms with E-state index in [0.717, 1.165) is 38.5 Å². The molecule has 7 unspecified atom stereocenters. The highest BCUT2D eigenvalue weighted by Crippen LogP contribution is 2.65. The molecular formula is C28H36O4. The quantitative estimate of drug-likeness (QED) is 0.424. The molecule has 4 heteroatoms. The molecule has 1 aromatic rings. The van der Waals surface area contributed by atoms with Gasteiger partial charge in [0.05, 0.1) is 5.56 Å². The maximum atomic E-state index is 12.6. The Morgan fingerprint density at radius 3 is 2.47 bits per heavy atom. The Bertz CT molecular complexity index is 921. The van der Waals surface area contributed by atoms with Crippen LogP contribution in [-0.2, 0) is 14.3 Å². The minimum Gasteiger partial charge on any atom is -0.462 e. The lowest BCUT2D eigenvalue weighted by Crippen LogP contribution is -2.51. The molecule has 0 radical (unpaired) electrons. The van der Waals surface area contributed by atoms with E-state index in [1.165, 1.54) is 18.4 Å². The maximum Gasteiger partial charge on any atom is 0.338 e. The predicted octanol–water partition coefficient (Wildman–Crippen LogP) is 6.11. The highest BCUT2D eigenvalue weighted by molar-refractivity contribution is 5.89. The summed E-state index contributed by atoms with van der Waals surface area (Å²) >= 11 is 0. The Morgan fingerprint density at radius 2 is 1.72 bits per heavy atom. The van der Waals surface area contributed by atoms with Gasteiger partial charge in [-0.3, -0.25) is 4.79 Å². The summed E-state index contributed by atoms with van der Waals surface area (Å²) in [5.41, 5.74) is 2.47. The van der Waals surface area contributed by atoms with E-state index in [-0.39, 0.29) is 35.0 Å². The molecule has 1 aromatic carbocycles. The van der Waals surface area contributed by atoms with Crippen molar-refractivity contribution in [2.45, 2.75) is 84.3 Å². The molecule has 7 atom stereocenters. The van der Waals surface area contributed by atoms with Gasteiger partial charge in [-0.05, 0) is 80.2 Å². The Kier molecular flexibility index (Phi) is 5.46. The van der Waals surface area contributed by atoms with Crippen LogP contribution in [0.2, 0.25) is 0 Å². The average molecular weight is 437 g/mol. The summed E-state index contributed by atoms with van der Waals surface area (Å²) in [5, 5.41) is 0. The SMILES string of the molecule is CC(=O)OC1CCC2C3CC=C4CC(OC(=O)c5ccccc5)CCC4(C)C3CCC12C. The first-order chi connectivity index (χ1) is 15.3. The number of carbonyl (C=O) groups excluding carboxylic acids is 2. The van der Waals surface area contributed by atoms with Gasteiger partial charge in [-0.2, -0.15) is 0 Å². The van der Waals surface area contributed by atoms with Crippen LogP contribution < -0.4 is 0 Å². The van der Waals surface area contributed by atoms with Crippen molar-refractivity contribution >= 4 is 11.9 Å². The fraction of sp³-hybridized carbons (Fsp3) is 0.643. The highest BCUT2D eigenvalue weighted by atomic mass is 16.5. The largest absolute Gasteiger partial charge is 0.462 e. The van der Waals surface area contributed by atoms with Gasteiger partial charge in [0, 0.05) is 18.8 Å². The van der Waals surface area contributed by atoms with Crippen molar-refractivity contribution in [3.05, 3.63) is 47.5 Å². The molecule has 4 nitrogen and oxygen atoms in total. The summed E-state index contributed by atoms with van der Waals surface area (Å²) in [7, 11) is 0. The molecule has 4 aliphatic carbocycles.